The summed E-state index contributed by atoms with van der Waals surface area (Å²) in [6.45, 7) is 5.35. The van der Waals surface area contributed by atoms with Crippen LogP contribution < -0.4 is 5.32 Å². The molecule has 94 valence electrons. The molecule has 1 N–H and O–H groups in total. The summed E-state index contributed by atoms with van der Waals surface area (Å²) in [4.78, 5) is 12.4. The van der Waals surface area contributed by atoms with E-state index in [1.807, 2.05) is 6.92 Å². The van der Waals surface area contributed by atoms with Crippen molar-refractivity contribution in [1.82, 2.24) is 5.32 Å². The summed E-state index contributed by atoms with van der Waals surface area (Å²) in [6.07, 6.45) is 0. The van der Waals surface area contributed by atoms with Gasteiger partial charge in [0.15, 0.2) is 0 Å². The number of benzene rings is 1. The molecule has 1 aromatic rings. The molecule has 0 unspecified atom stereocenters. The van der Waals surface area contributed by atoms with Crippen LogP contribution in [0.15, 0.2) is 29.2 Å². The van der Waals surface area contributed by atoms with Gasteiger partial charge in [0.1, 0.15) is 6.61 Å². The van der Waals surface area contributed by atoms with Crippen LogP contribution in [-0.2, 0) is 9.53 Å². The number of rotatable bonds is 7. The van der Waals surface area contributed by atoms with Crippen molar-refractivity contribution in [3.63, 3.8) is 0 Å². The Bertz CT molecular complexity index is 338. The number of carbonyl (C=O) groups excluding carboxylic acids is 1. The van der Waals surface area contributed by atoms with Gasteiger partial charge in [-0.1, -0.05) is 17.7 Å². The van der Waals surface area contributed by atoms with E-state index in [0.29, 0.717) is 13.2 Å². The number of carbonyl (C=O) groups is 1. The largest absolute Gasteiger partial charge is 0.372 e. The SMILES string of the molecule is CCOCC(=O)NCCSc1ccc(C)cc1. The van der Waals surface area contributed by atoms with Gasteiger partial charge >= 0.3 is 0 Å². The summed E-state index contributed by atoms with van der Waals surface area (Å²) in [7, 11) is 0. The van der Waals surface area contributed by atoms with E-state index in [0.717, 1.165) is 5.75 Å². The zero-order valence-corrected chi connectivity index (χ0v) is 11.2. The molecule has 0 saturated carbocycles. The van der Waals surface area contributed by atoms with E-state index < -0.39 is 0 Å². The Labute approximate surface area is 107 Å². The minimum absolute atomic E-state index is 0.0450. The highest BCUT2D eigenvalue weighted by molar-refractivity contribution is 7.99. The third-order valence-electron chi connectivity index (χ3n) is 2.15. The molecule has 0 aromatic heterocycles. The predicted molar refractivity (Wildman–Crippen MR) is 71.4 cm³/mol. The van der Waals surface area contributed by atoms with Gasteiger partial charge in [-0.15, -0.1) is 11.8 Å². The highest BCUT2D eigenvalue weighted by atomic mass is 32.2. The van der Waals surface area contributed by atoms with E-state index in [2.05, 4.69) is 36.5 Å². The van der Waals surface area contributed by atoms with Crippen LogP contribution >= 0.6 is 11.8 Å². The molecule has 0 heterocycles. The number of hydrogen-bond donors (Lipinski definition) is 1. The van der Waals surface area contributed by atoms with Crippen LogP contribution in [0, 0.1) is 6.92 Å². The van der Waals surface area contributed by atoms with Gasteiger partial charge in [-0.3, -0.25) is 4.79 Å². The number of nitrogens with one attached hydrogen (secondary N) is 1. The topological polar surface area (TPSA) is 38.3 Å². The van der Waals surface area contributed by atoms with Crippen LogP contribution in [0.5, 0.6) is 0 Å². The standard InChI is InChI=1S/C13H19NO2S/c1-3-16-10-13(15)14-8-9-17-12-6-4-11(2)5-7-12/h4-7H,3,8-10H2,1-2H3,(H,14,15). The smallest absolute Gasteiger partial charge is 0.246 e. The molecular weight excluding hydrogens is 234 g/mol. The van der Waals surface area contributed by atoms with Gasteiger partial charge in [0.05, 0.1) is 0 Å². The van der Waals surface area contributed by atoms with Crippen molar-refractivity contribution in [2.75, 3.05) is 25.5 Å². The average Bonchev–Trinajstić information content (AvgIpc) is 2.34. The molecule has 3 nitrogen and oxygen atoms in total. The molecule has 1 aromatic carbocycles. The van der Waals surface area contributed by atoms with Crippen molar-refractivity contribution in [2.24, 2.45) is 0 Å². The minimum Gasteiger partial charge on any atom is -0.372 e. The third-order valence-corrected chi connectivity index (χ3v) is 3.16. The van der Waals surface area contributed by atoms with Crippen molar-refractivity contribution < 1.29 is 9.53 Å². The first-order valence-electron chi connectivity index (χ1n) is 5.76. The summed E-state index contributed by atoms with van der Waals surface area (Å²) < 4.78 is 5.00. The van der Waals surface area contributed by atoms with Crippen LogP contribution in [0.4, 0.5) is 0 Å². The van der Waals surface area contributed by atoms with Crippen molar-refractivity contribution in [3.05, 3.63) is 29.8 Å². The summed E-state index contributed by atoms with van der Waals surface area (Å²) in [5.74, 6) is 0.831. The van der Waals surface area contributed by atoms with Crippen LogP contribution in [0.25, 0.3) is 0 Å². The molecule has 0 aliphatic rings. The van der Waals surface area contributed by atoms with Gasteiger partial charge in [-0.05, 0) is 26.0 Å². The zero-order chi connectivity index (χ0) is 12.5. The van der Waals surface area contributed by atoms with E-state index >= 15 is 0 Å². The highest BCUT2D eigenvalue weighted by Gasteiger charge is 1.99. The maximum Gasteiger partial charge on any atom is 0.246 e. The maximum atomic E-state index is 11.2. The first kappa shape index (κ1) is 14.1. The van der Waals surface area contributed by atoms with Gasteiger partial charge in [-0.25, -0.2) is 0 Å². The van der Waals surface area contributed by atoms with E-state index in [9.17, 15) is 4.79 Å². The van der Waals surface area contributed by atoms with Crippen LogP contribution in [0.3, 0.4) is 0 Å². The Kier molecular flexibility index (Phi) is 6.74. The highest BCUT2D eigenvalue weighted by Crippen LogP contribution is 2.17. The molecule has 0 aliphatic carbocycles. The quantitative estimate of drug-likeness (QED) is 0.598. The third kappa shape index (κ3) is 6.34. The van der Waals surface area contributed by atoms with Crippen molar-refractivity contribution in [2.45, 2.75) is 18.7 Å². The Morgan fingerprint density at radius 3 is 2.71 bits per heavy atom. The second-order valence-corrected chi connectivity index (χ2v) is 4.82. The number of thioether (sulfide) groups is 1. The molecule has 0 fully saturated rings. The maximum absolute atomic E-state index is 11.2. The summed E-state index contributed by atoms with van der Waals surface area (Å²) in [5.41, 5.74) is 1.26. The number of amides is 1. The number of hydrogen-bond acceptors (Lipinski definition) is 3. The molecule has 17 heavy (non-hydrogen) atoms. The second kappa shape index (κ2) is 8.14. The molecule has 0 atom stereocenters. The van der Waals surface area contributed by atoms with Gasteiger partial charge in [0.25, 0.3) is 0 Å². The molecule has 0 spiro atoms. The van der Waals surface area contributed by atoms with Crippen molar-refractivity contribution in [1.29, 1.82) is 0 Å². The van der Waals surface area contributed by atoms with Crippen molar-refractivity contribution in [3.8, 4) is 0 Å². The minimum atomic E-state index is -0.0450. The molecule has 0 aliphatic heterocycles. The Morgan fingerprint density at radius 1 is 1.35 bits per heavy atom. The summed E-state index contributed by atoms with van der Waals surface area (Å²) >= 11 is 1.74. The van der Waals surface area contributed by atoms with Gasteiger partial charge in [0.2, 0.25) is 5.91 Å². The lowest BCUT2D eigenvalue weighted by molar-refractivity contribution is -0.125. The molecular formula is C13H19NO2S. The Morgan fingerprint density at radius 2 is 2.06 bits per heavy atom. The normalized spacial score (nSPS) is 10.2. The number of ether oxygens (including phenoxy) is 1. The monoisotopic (exact) mass is 253 g/mol. The second-order valence-electron chi connectivity index (χ2n) is 3.65. The lowest BCUT2D eigenvalue weighted by Crippen LogP contribution is -2.29. The van der Waals surface area contributed by atoms with Crippen LogP contribution in [0.1, 0.15) is 12.5 Å². The molecule has 0 radical (unpaired) electrons. The van der Waals surface area contributed by atoms with E-state index in [1.165, 1.54) is 10.5 Å². The number of aryl methyl sites for hydroxylation is 1. The lowest BCUT2D eigenvalue weighted by atomic mass is 10.2. The summed E-state index contributed by atoms with van der Waals surface area (Å²) in [5, 5.41) is 2.81. The first-order chi connectivity index (χ1) is 8.22. The van der Waals surface area contributed by atoms with Crippen molar-refractivity contribution >= 4 is 17.7 Å². The molecule has 0 saturated heterocycles. The lowest BCUT2D eigenvalue weighted by Gasteiger charge is -2.05. The summed E-state index contributed by atoms with van der Waals surface area (Å²) in [6, 6.07) is 8.38. The van der Waals surface area contributed by atoms with Gasteiger partial charge in [0, 0.05) is 23.8 Å². The predicted octanol–water partition coefficient (Wildman–Crippen LogP) is 2.24. The van der Waals surface area contributed by atoms with Gasteiger partial charge < -0.3 is 10.1 Å². The van der Waals surface area contributed by atoms with E-state index in [4.69, 9.17) is 4.74 Å². The average molecular weight is 253 g/mol. The van der Waals surface area contributed by atoms with Crippen LogP contribution in [0.2, 0.25) is 0 Å². The fourth-order valence-corrected chi connectivity index (χ4v) is 2.01. The zero-order valence-electron chi connectivity index (χ0n) is 10.4. The van der Waals surface area contributed by atoms with Gasteiger partial charge in [-0.2, -0.15) is 0 Å². The molecule has 4 heteroatoms. The first-order valence-corrected chi connectivity index (χ1v) is 6.75. The van der Waals surface area contributed by atoms with E-state index in [1.54, 1.807) is 11.8 Å². The molecule has 0 bridgehead atoms. The van der Waals surface area contributed by atoms with E-state index in [-0.39, 0.29) is 12.5 Å². The van der Waals surface area contributed by atoms with Crippen LogP contribution in [-0.4, -0.2) is 31.4 Å². The Hall–Kier alpha value is -1.00. The fourth-order valence-electron chi connectivity index (χ4n) is 1.24. The fraction of sp³-hybridized carbons (Fsp3) is 0.462. The molecule has 1 rings (SSSR count). The molecule has 1 amide bonds. The Balaban J connectivity index is 2.11.